The van der Waals surface area contributed by atoms with Crippen LogP contribution in [0.15, 0.2) is 18.2 Å². The van der Waals surface area contributed by atoms with E-state index < -0.39 is 29.4 Å². The Bertz CT molecular complexity index is 473. The molecule has 5 nitrogen and oxygen atoms in total. The van der Waals surface area contributed by atoms with Crippen molar-refractivity contribution in [2.24, 2.45) is 11.7 Å². The SMILES string of the molecule is CC(C)C(Oc1cccc(F)c1C(N)=O)C(=O)O. The minimum absolute atomic E-state index is 0.163. The van der Waals surface area contributed by atoms with Crippen LogP contribution in [0.1, 0.15) is 24.2 Å². The Hall–Kier alpha value is -2.11. The topological polar surface area (TPSA) is 89.6 Å². The third-order valence-electron chi connectivity index (χ3n) is 2.32. The molecule has 0 saturated heterocycles. The van der Waals surface area contributed by atoms with Crippen LogP contribution >= 0.6 is 0 Å². The predicted octanol–water partition coefficient (Wildman–Crippen LogP) is 1.41. The number of carbonyl (C=O) groups is 2. The Labute approximate surface area is 103 Å². The van der Waals surface area contributed by atoms with Gasteiger partial charge in [0.15, 0.2) is 6.10 Å². The van der Waals surface area contributed by atoms with E-state index in [1.54, 1.807) is 13.8 Å². The van der Waals surface area contributed by atoms with Gasteiger partial charge in [0.1, 0.15) is 17.1 Å². The van der Waals surface area contributed by atoms with Gasteiger partial charge in [-0.2, -0.15) is 0 Å². The van der Waals surface area contributed by atoms with Crippen LogP contribution in [0, 0.1) is 11.7 Å². The van der Waals surface area contributed by atoms with Crippen LogP contribution in [0.25, 0.3) is 0 Å². The van der Waals surface area contributed by atoms with Crippen molar-refractivity contribution in [3.05, 3.63) is 29.6 Å². The molecule has 18 heavy (non-hydrogen) atoms. The lowest BCUT2D eigenvalue weighted by Crippen LogP contribution is -2.33. The monoisotopic (exact) mass is 255 g/mol. The summed E-state index contributed by atoms with van der Waals surface area (Å²) in [4.78, 5) is 22.1. The zero-order chi connectivity index (χ0) is 13.9. The Morgan fingerprint density at radius 1 is 1.39 bits per heavy atom. The van der Waals surface area contributed by atoms with E-state index in [1.807, 2.05) is 0 Å². The van der Waals surface area contributed by atoms with Crippen molar-refractivity contribution in [2.75, 3.05) is 0 Å². The van der Waals surface area contributed by atoms with E-state index >= 15 is 0 Å². The summed E-state index contributed by atoms with van der Waals surface area (Å²) in [6, 6.07) is 3.68. The number of ether oxygens (including phenoxy) is 1. The molecule has 0 spiro atoms. The van der Waals surface area contributed by atoms with E-state index in [1.165, 1.54) is 12.1 Å². The molecule has 0 fully saturated rings. The van der Waals surface area contributed by atoms with Crippen LogP contribution in [-0.4, -0.2) is 23.1 Å². The molecule has 1 atom stereocenters. The molecule has 0 bridgehead atoms. The van der Waals surface area contributed by atoms with E-state index in [0.29, 0.717) is 0 Å². The first kappa shape index (κ1) is 14.0. The fourth-order valence-corrected chi connectivity index (χ4v) is 1.45. The first-order chi connectivity index (χ1) is 8.34. The Morgan fingerprint density at radius 3 is 2.44 bits per heavy atom. The van der Waals surface area contributed by atoms with Crippen molar-refractivity contribution in [1.82, 2.24) is 0 Å². The van der Waals surface area contributed by atoms with Crippen LogP contribution in [0.4, 0.5) is 4.39 Å². The fourth-order valence-electron chi connectivity index (χ4n) is 1.45. The number of hydrogen-bond donors (Lipinski definition) is 2. The summed E-state index contributed by atoms with van der Waals surface area (Å²) < 4.78 is 18.6. The Balaban J connectivity index is 3.14. The number of nitrogens with two attached hydrogens (primary N) is 1. The highest BCUT2D eigenvalue weighted by Gasteiger charge is 2.26. The van der Waals surface area contributed by atoms with Gasteiger partial charge >= 0.3 is 5.97 Å². The average molecular weight is 255 g/mol. The summed E-state index contributed by atoms with van der Waals surface area (Å²) >= 11 is 0. The minimum Gasteiger partial charge on any atom is -0.478 e. The van der Waals surface area contributed by atoms with Crippen molar-refractivity contribution < 1.29 is 23.8 Å². The number of carboxylic acid groups (broad SMARTS) is 1. The van der Waals surface area contributed by atoms with Gasteiger partial charge in [0.25, 0.3) is 5.91 Å². The van der Waals surface area contributed by atoms with Gasteiger partial charge in [-0.15, -0.1) is 0 Å². The van der Waals surface area contributed by atoms with Crippen LogP contribution in [0.5, 0.6) is 5.75 Å². The molecule has 1 aromatic carbocycles. The lowest BCUT2D eigenvalue weighted by molar-refractivity contribution is -0.147. The summed E-state index contributed by atoms with van der Waals surface area (Å²) in [5.41, 5.74) is 4.60. The van der Waals surface area contributed by atoms with Crippen LogP contribution in [0.2, 0.25) is 0 Å². The molecule has 0 saturated carbocycles. The van der Waals surface area contributed by atoms with Gasteiger partial charge in [0.2, 0.25) is 0 Å². The summed E-state index contributed by atoms with van der Waals surface area (Å²) in [5, 5.41) is 8.97. The molecule has 3 N–H and O–H groups in total. The number of rotatable bonds is 5. The molecule has 0 heterocycles. The van der Waals surface area contributed by atoms with Crippen molar-refractivity contribution in [1.29, 1.82) is 0 Å². The maximum Gasteiger partial charge on any atom is 0.345 e. The summed E-state index contributed by atoms with van der Waals surface area (Å²) in [5.74, 6) is -3.54. The second kappa shape index (κ2) is 5.48. The fraction of sp³-hybridized carbons (Fsp3) is 0.333. The highest BCUT2D eigenvalue weighted by Crippen LogP contribution is 2.23. The highest BCUT2D eigenvalue weighted by atomic mass is 19.1. The van der Waals surface area contributed by atoms with Gasteiger partial charge in [-0.3, -0.25) is 4.79 Å². The van der Waals surface area contributed by atoms with Crippen molar-refractivity contribution >= 4 is 11.9 Å². The molecule has 98 valence electrons. The van der Waals surface area contributed by atoms with Gasteiger partial charge in [0.05, 0.1) is 0 Å². The Kier molecular flexibility index (Phi) is 4.25. The molecule has 0 aliphatic rings. The van der Waals surface area contributed by atoms with Crippen LogP contribution in [0.3, 0.4) is 0 Å². The number of primary amides is 1. The third-order valence-corrected chi connectivity index (χ3v) is 2.32. The zero-order valence-corrected chi connectivity index (χ0v) is 10.0. The predicted molar refractivity (Wildman–Crippen MR) is 61.8 cm³/mol. The van der Waals surface area contributed by atoms with Crippen molar-refractivity contribution in [3.63, 3.8) is 0 Å². The second-order valence-corrected chi connectivity index (χ2v) is 4.10. The van der Waals surface area contributed by atoms with Gasteiger partial charge in [0, 0.05) is 5.92 Å². The summed E-state index contributed by atoms with van der Waals surface area (Å²) in [7, 11) is 0. The van der Waals surface area contributed by atoms with Crippen LogP contribution in [-0.2, 0) is 4.79 Å². The molecule has 1 amide bonds. The van der Waals surface area contributed by atoms with Crippen LogP contribution < -0.4 is 10.5 Å². The first-order valence-electron chi connectivity index (χ1n) is 5.32. The van der Waals surface area contributed by atoms with E-state index in [-0.39, 0.29) is 11.7 Å². The molecule has 1 rings (SSSR count). The van der Waals surface area contributed by atoms with Gasteiger partial charge in [-0.25, -0.2) is 9.18 Å². The normalized spacial score (nSPS) is 12.2. The van der Waals surface area contributed by atoms with Crippen molar-refractivity contribution in [2.45, 2.75) is 20.0 Å². The molecule has 0 aliphatic heterocycles. The van der Waals surface area contributed by atoms with E-state index in [0.717, 1.165) is 6.07 Å². The Morgan fingerprint density at radius 2 is 2.00 bits per heavy atom. The summed E-state index contributed by atoms with van der Waals surface area (Å²) in [6.07, 6.45) is -1.18. The summed E-state index contributed by atoms with van der Waals surface area (Å²) in [6.45, 7) is 3.28. The zero-order valence-electron chi connectivity index (χ0n) is 10.0. The molecule has 1 aromatic rings. The lowest BCUT2D eigenvalue weighted by atomic mass is 10.1. The quantitative estimate of drug-likeness (QED) is 0.832. The number of carbonyl (C=O) groups excluding carboxylic acids is 1. The van der Waals surface area contributed by atoms with E-state index in [9.17, 15) is 14.0 Å². The molecule has 1 unspecified atom stereocenters. The standard InChI is InChI=1S/C12H14FNO4/c1-6(2)10(12(16)17)18-8-5-3-4-7(13)9(8)11(14)15/h3-6,10H,1-2H3,(H2,14,15)(H,16,17). The maximum atomic E-state index is 13.4. The molecule has 6 heteroatoms. The lowest BCUT2D eigenvalue weighted by Gasteiger charge is -2.19. The minimum atomic E-state index is -1.19. The number of hydrogen-bond acceptors (Lipinski definition) is 3. The number of halogens is 1. The molecular formula is C12H14FNO4. The number of benzene rings is 1. The maximum absolute atomic E-state index is 13.4. The highest BCUT2D eigenvalue weighted by molar-refractivity contribution is 5.96. The largest absolute Gasteiger partial charge is 0.478 e. The number of aliphatic carboxylic acids is 1. The molecular weight excluding hydrogens is 241 g/mol. The van der Waals surface area contributed by atoms with E-state index in [2.05, 4.69) is 0 Å². The molecule has 0 aromatic heterocycles. The smallest absolute Gasteiger partial charge is 0.345 e. The molecule has 0 aliphatic carbocycles. The number of amides is 1. The number of carboxylic acids is 1. The van der Waals surface area contributed by atoms with E-state index in [4.69, 9.17) is 15.6 Å². The van der Waals surface area contributed by atoms with Gasteiger partial charge in [-0.05, 0) is 12.1 Å². The third kappa shape index (κ3) is 2.97. The second-order valence-electron chi connectivity index (χ2n) is 4.10. The molecule has 0 radical (unpaired) electrons. The van der Waals surface area contributed by atoms with Gasteiger partial charge < -0.3 is 15.6 Å². The van der Waals surface area contributed by atoms with Gasteiger partial charge in [-0.1, -0.05) is 19.9 Å². The van der Waals surface area contributed by atoms with Crippen molar-refractivity contribution in [3.8, 4) is 5.75 Å². The first-order valence-corrected chi connectivity index (χ1v) is 5.32. The average Bonchev–Trinajstić information content (AvgIpc) is 2.24.